The molecule has 0 unspecified atom stereocenters. The highest BCUT2D eigenvalue weighted by Crippen LogP contribution is 2.42. The van der Waals surface area contributed by atoms with Crippen molar-refractivity contribution >= 4 is 54.6 Å². The van der Waals surface area contributed by atoms with Crippen molar-refractivity contribution in [2.45, 2.75) is 0 Å². The van der Waals surface area contributed by atoms with Gasteiger partial charge in [0, 0.05) is 43.8 Å². The van der Waals surface area contributed by atoms with Gasteiger partial charge in [-0.1, -0.05) is 133 Å². The second kappa shape index (κ2) is 10.5. The van der Waals surface area contributed by atoms with E-state index in [-0.39, 0.29) is 0 Å². The lowest BCUT2D eigenvalue weighted by molar-refractivity contribution is 0.669. The first kappa shape index (κ1) is 26.6. The van der Waals surface area contributed by atoms with Gasteiger partial charge < -0.3 is 8.83 Å². The van der Waals surface area contributed by atoms with Crippen molar-refractivity contribution in [2.75, 3.05) is 0 Å². The number of fused-ring (bicyclic) bond motifs is 7. The standard InChI is InChI=1S/C43H25N3O2/c1-2-13-27(14-3-1)41-44-42(33-21-10-24-36-38(33)31-17-6-7-23-35(31)47-36)46-43(45-41)34-22-11-25-37-39(34)32-20-9-19-30(40(32)48-37)29-18-8-15-26-12-4-5-16-28(26)29/h1-25H. The van der Waals surface area contributed by atoms with Gasteiger partial charge in [0.05, 0.1) is 0 Å². The van der Waals surface area contributed by atoms with Crippen molar-refractivity contribution in [2.24, 2.45) is 0 Å². The van der Waals surface area contributed by atoms with Crippen LogP contribution in [0.15, 0.2) is 160 Å². The Kier molecular flexibility index (Phi) is 5.81. The van der Waals surface area contributed by atoms with E-state index in [4.69, 9.17) is 23.8 Å². The molecular formula is C43H25N3O2. The summed E-state index contributed by atoms with van der Waals surface area (Å²) in [7, 11) is 0. The van der Waals surface area contributed by atoms with Crippen molar-refractivity contribution in [1.82, 2.24) is 15.0 Å². The summed E-state index contributed by atoms with van der Waals surface area (Å²) in [5.41, 5.74) is 8.10. The molecular weight excluding hydrogens is 590 g/mol. The Hall–Kier alpha value is -6.59. The molecule has 0 aliphatic rings. The largest absolute Gasteiger partial charge is 0.456 e. The molecule has 48 heavy (non-hydrogen) atoms. The third-order valence-electron chi connectivity index (χ3n) is 9.15. The van der Waals surface area contributed by atoms with E-state index in [9.17, 15) is 0 Å². The van der Waals surface area contributed by atoms with E-state index < -0.39 is 0 Å². The minimum absolute atomic E-state index is 0.576. The predicted octanol–water partition coefficient (Wildman–Crippen LogP) is 11.5. The molecule has 0 saturated carbocycles. The predicted molar refractivity (Wildman–Crippen MR) is 194 cm³/mol. The van der Waals surface area contributed by atoms with Crippen molar-refractivity contribution in [3.05, 3.63) is 152 Å². The highest BCUT2D eigenvalue weighted by molar-refractivity contribution is 6.16. The molecule has 0 aliphatic heterocycles. The average molecular weight is 616 g/mol. The Labute approximate surface area is 274 Å². The Morgan fingerprint density at radius 3 is 1.67 bits per heavy atom. The number of rotatable bonds is 4. The van der Waals surface area contributed by atoms with Crippen LogP contribution >= 0.6 is 0 Å². The van der Waals surface area contributed by atoms with Crippen LogP contribution in [0.25, 0.3) is 99.9 Å². The van der Waals surface area contributed by atoms with E-state index in [1.165, 1.54) is 10.8 Å². The average Bonchev–Trinajstić information content (AvgIpc) is 3.74. The summed E-state index contributed by atoms with van der Waals surface area (Å²) in [6.07, 6.45) is 0. The zero-order valence-electron chi connectivity index (χ0n) is 25.6. The molecule has 3 heterocycles. The minimum Gasteiger partial charge on any atom is -0.456 e. The lowest BCUT2D eigenvalue weighted by atomic mass is 9.96. The zero-order valence-corrected chi connectivity index (χ0v) is 25.6. The van der Waals surface area contributed by atoms with E-state index in [1.54, 1.807) is 0 Å². The summed E-state index contributed by atoms with van der Waals surface area (Å²) >= 11 is 0. The van der Waals surface area contributed by atoms with Crippen molar-refractivity contribution < 1.29 is 8.83 Å². The van der Waals surface area contributed by atoms with Gasteiger partial charge in [-0.3, -0.25) is 0 Å². The van der Waals surface area contributed by atoms with Crippen molar-refractivity contribution in [3.63, 3.8) is 0 Å². The van der Waals surface area contributed by atoms with Crippen LogP contribution in [-0.2, 0) is 0 Å². The second-order valence-corrected chi connectivity index (χ2v) is 11.9. The number of para-hydroxylation sites is 2. The summed E-state index contributed by atoms with van der Waals surface area (Å²) < 4.78 is 12.9. The topological polar surface area (TPSA) is 65.0 Å². The molecule has 0 bridgehead atoms. The molecule has 3 aromatic heterocycles. The van der Waals surface area contributed by atoms with Gasteiger partial charge in [0.25, 0.3) is 0 Å². The maximum Gasteiger partial charge on any atom is 0.164 e. The first-order valence-corrected chi connectivity index (χ1v) is 15.9. The van der Waals surface area contributed by atoms with Crippen LogP contribution in [-0.4, -0.2) is 15.0 Å². The van der Waals surface area contributed by atoms with Crippen molar-refractivity contribution in [3.8, 4) is 45.3 Å². The fourth-order valence-corrected chi connectivity index (χ4v) is 7.00. The third-order valence-corrected chi connectivity index (χ3v) is 9.15. The third kappa shape index (κ3) is 4.08. The van der Waals surface area contributed by atoms with Gasteiger partial charge in [-0.2, -0.15) is 0 Å². The van der Waals surface area contributed by atoms with E-state index in [2.05, 4.69) is 78.9 Å². The van der Waals surface area contributed by atoms with Crippen LogP contribution in [0.3, 0.4) is 0 Å². The van der Waals surface area contributed by atoms with Gasteiger partial charge in [0.2, 0.25) is 0 Å². The van der Waals surface area contributed by atoms with E-state index in [1.807, 2.05) is 72.8 Å². The maximum atomic E-state index is 6.69. The molecule has 0 fully saturated rings. The minimum atomic E-state index is 0.576. The van der Waals surface area contributed by atoms with Crippen LogP contribution in [0.2, 0.25) is 0 Å². The molecule has 0 aliphatic carbocycles. The van der Waals surface area contributed by atoms with Crippen LogP contribution in [0.1, 0.15) is 0 Å². The normalized spacial score (nSPS) is 11.8. The first-order valence-electron chi connectivity index (χ1n) is 15.9. The second-order valence-electron chi connectivity index (χ2n) is 11.9. The number of hydrogen-bond donors (Lipinski definition) is 0. The molecule has 0 N–H and O–H groups in total. The molecule has 10 aromatic rings. The van der Waals surface area contributed by atoms with Gasteiger partial charge in [-0.25, -0.2) is 15.0 Å². The van der Waals surface area contributed by atoms with E-state index in [0.29, 0.717) is 17.5 Å². The molecule has 0 atom stereocenters. The number of benzene rings is 7. The Morgan fingerprint density at radius 1 is 0.333 bits per heavy atom. The molecule has 0 spiro atoms. The summed E-state index contributed by atoms with van der Waals surface area (Å²) in [6.45, 7) is 0. The monoisotopic (exact) mass is 615 g/mol. The molecule has 7 aromatic carbocycles. The number of hydrogen-bond acceptors (Lipinski definition) is 5. The molecule has 10 rings (SSSR count). The number of furan rings is 2. The highest BCUT2D eigenvalue weighted by Gasteiger charge is 2.21. The van der Waals surface area contributed by atoms with Crippen LogP contribution < -0.4 is 0 Å². The van der Waals surface area contributed by atoms with Crippen molar-refractivity contribution in [1.29, 1.82) is 0 Å². The molecule has 5 nitrogen and oxygen atoms in total. The molecule has 224 valence electrons. The first-order chi connectivity index (χ1) is 23.8. The molecule has 5 heteroatoms. The SMILES string of the molecule is c1ccc(-c2nc(-c3cccc4oc5ccccc5c34)nc(-c3cccc4oc5c(-c6cccc7ccccc67)cccc5c34)n2)cc1. The summed E-state index contributed by atoms with van der Waals surface area (Å²) in [6, 6.07) is 51.5. The Bertz CT molecular complexity index is 2840. The van der Waals surface area contributed by atoms with Gasteiger partial charge >= 0.3 is 0 Å². The van der Waals surface area contributed by atoms with Crippen LogP contribution in [0.4, 0.5) is 0 Å². The summed E-state index contributed by atoms with van der Waals surface area (Å²) in [4.78, 5) is 15.3. The van der Waals surface area contributed by atoms with E-state index in [0.717, 1.165) is 71.7 Å². The van der Waals surface area contributed by atoms with E-state index >= 15 is 0 Å². The van der Waals surface area contributed by atoms with Gasteiger partial charge in [0.1, 0.15) is 22.3 Å². The quantitative estimate of drug-likeness (QED) is 0.197. The highest BCUT2D eigenvalue weighted by atomic mass is 16.3. The maximum absolute atomic E-state index is 6.69. The van der Waals surface area contributed by atoms with Gasteiger partial charge in [-0.05, 0) is 34.5 Å². The van der Waals surface area contributed by atoms with Gasteiger partial charge in [-0.15, -0.1) is 0 Å². The van der Waals surface area contributed by atoms with Gasteiger partial charge in [0.15, 0.2) is 17.5 Å². The summed E-state index contributed by atoms with van der Waals surface area (Å²) in [5.74, 6) is 1.76. The molecule has 0 amide bonds. The fraction of sp³-hybridized carbons (Fsp3) is 0. The number of aromatic nitrogens is 3. The van der Waals surface area contributed by atoms with Crippen LogP contribution in [0.5, 0.6) is 0 Å². The van der Waals surface area contributed by atoms with Crippen LogP contribution in [0, 0.1) is 0 Å². The lowest BCUT2D eigenvalue weighted by Gasteiger charge is -2.10. The lowest BCUT2D eigenvalue weighted by Crippen LogP contribution is -2.00. The fourth-order valence-electron chi connectivity index (χ4n) is 7.00. The molecule has 0 radical (unpaired) electrons. The Morgan fingerprint density at radius 2 is 0.854 bits per heavy atom. The number of nitrogens with zero attached hydrogens (tertiary/aromatic N) is 3. The summed E-state index contributed by atoms with van der Waals surface area (Å²) in [5, 5.41) is 6.36. The zero-order chi connectivity index (χ0) is 31.6. The molecule has 0 saturated heterocycles. The smallest absolute Gasteiger partial charge is 0.164 e. The Balaban J connectivity index is 1.25.